The molecule has 1 heteroatoms. The number of nitrogens with one attached hydrogen (secondary N) is 1. The van der Waals surface area contributed by atoms with Gasteiger partial charge < -0.3 is 5.32 Å². The Labute approximate surface area is 228 Å². The molecule has 0 saturated heterocycles. The fraction of sp³-hybridized carbons (Fsp3) is 0.829. The molecule has 0 amide bonds. The first-order valence-electron chi connectivity index (χ1n) is 16.4. The van der Waals surface area contributed by atoms with Gasteiger partial charge in [-0.15, -0.1) is 0 Å². The molecule has 2 atom stereocenters. The highest BCUT2D eigenvalue weighted by Gasteiger charge is 2.29. The monoisotopic (exact) mass is 500 g/mol. The molecule has 0 fully saturated rings. The standard InChI is InChI=1S/C35H65N/c1-5-7-9-11-13-15-17-19-21-24-28-33(3)35(4,36-32-34-29-25-23-26-30-34)31-27-22-20-18-16-14-12-10-8-6-2/h23,25-26,29-30,33,36H,5-22,24,27-28,31-32H2,1-4H3. The molecule has 1 nitrogen and oxygen atoms in total. The molecule has 0 aliphatic heterocycles. The van der Waals surface area contributed by atoms with Gasteiger partial charge in [0.1, 0.15) is 0 Å². The second-order valence-electron chi connectivity index (χ2n) is 12.1. The van der Waals surface area contributed by atoms with Crippen molar-refractivity contribution in [2.75, 3.05) is 0 Å². The third-order valence-corrected chi connectivity index (χ3v) is 8.67. The zero-order chi connectivity index (χ0) is 26.2. The van der Waals surface area contributed by atoms with Gasteiger partial charge in [-0.1, -0.05) is 180 Å². The number of benzene rings is 1. The average Bonchev–Trinajstić information content (AvgIpc) is 2.90. The molecule has 0 radical (unpaired) electrons. The Hall–Kier alpha value is -0.820. The van der Waals surface area contributed by atoms with Crippen LogP contribution in [0.1, 0.15) is 175 Å². The van der Waals surface area contributed by atoms with Crippen LogP contribution in [-0.4, -0.2) is 5.54 Å². The summed E-state index contributed by atoms with van der Waals surface area (Å²) in [5, 5.41) is 4.03. The van der Waals surface area contributed by atoms with Gasteiger partial charge in [0.25, 0.3) is 0 Å². The predicted molar refractivity (Wildman–Crippen MR) is 164 cm³/mol. The number of hydrogen-bond acceptors (Lipinski definition) is 1. The summed E-state index contributed by atoms with van der Waals surface area (Å²) >= 11 is 0. The first-order chi connectivity index (χ1) is 17.6. The van der Waals surface area contributed by atoms with Crippen LogP contribution in [0.15, 0.2) is 30.3 Å². The van der Waals surface area contributed by atoms with E-state index in [1.54, 1.807) is 0 Å². The van der Waals surface area contributed by atoms with Crippen molar-refractivity contribution in [1.29, 1.82) is 0 Å². The summed E-state index contributed by atoms with van der Waals surface area (Å²) in [6, 6.07) is 11.0. The van der Waals surface area contributed by atoms with E-state index in [0.717, 1.165) is 12.5 Å². The van der Waals surface area contributed by atoms with Crippen molar-refractivity contribution < 1.29 is 0 Å². The van der Waals surface area contributed by atoms with Gasteiger partial charge in [0.15, 0.2) is 0 Å². The molecule has 36 heavy (non-hydrogen) atoms. The van der Waals surface area contributed by atoms with E-state index in [2.05, 4.69) is 63.3 Å². The van der Waals surface area contributed by atoms with Gasteiger partial charge in [0, 0.05) is 12.1 Å². The van der Waals surface area contributed by atoms with Crippen molar-refractivity contribution >= 4 is 0 Å². The average molecular weight is 500 g/mol. The third-order valence-electron chi connectivity index (χ3n) is 8.67. The summed E-state index contributed by atoms with van der Waals surface area (Å²) in [5.41, 5.74) is 1.66. The summed E-state index contributed by atoms with van der Waals surface area (Å²) in [7, 11) is 0. The van der Waals surface area contributed by atoms with Crippen molar-refractivity contribution in [3.63, 3.8) is 0 Å². The lowest BCUT2D eigenvalue weighted by Crippen LogP contribution is -2.47. The van der Waals surface area contributed by atoms with Gasteiger partial charge in [-0.05, 0) is 31.2 Å². The fourth-order valence-electron chi connectivity index (χ4n) is 5.65. The van der Waals surface area contributed by atoms with Gasteiger partial charge in [0.05, 0.1) is 0 Å². The highest BCUT2D eigenvalue weighted by molar-refractivity contribution is 5.14. The minimum Gasteiger partial charge on any atom is -0.307 e. The van der Waals surface area contributed by atoms with Crippen LogP contribution in [-0.2, 0) is 6.54 Å². The fourth-order valence-corrected chi connectivity index (χ4v) is 5.65. The minimum absolute atomic E-state index is 0.245. The van der Waals surface area contributed by atoms with Crippen molar-refractivity contribution in [2.45, 2.75) is 181 Å². The summed E-state index contributed by atoms with van der Waals surface area (Å²) in [5.74, 6) is 0.730. The summed E-state index contributed by atoms with van der Waals surface area (Å²) in [6.45, 7) is 10.6. The first-order valence-corrected chi connectivity index (χ1v) is 16.4. The van der Waals surface area contributed by atoms with Gasteiger partial charge in [0.2, 0.25) is 0 Å². The largest absolute Gasteiger partial charge is 0.307 e. The summed E-state index contributed by atoms with van der Waals surface area (Å²) < 4.78 is 0. The normalized spacial score (nSPS) is 14.1. The smallest absolute Gasteiger partial charge is 0.0210 e. The minimum atomic E-state index is 0.245. The van der Waals surface area contributed by atoms with Crippen LogP contribution in [0.5, 0.6) is 0 Å². The Balaban J connectivity index is 2.31. The molecule has 1 rings (SSSR count). The maximum absolute atomic E-state index is 4.03. The lowest BCUT2D eigenvalue weighted by atomic mass is 9.79. The number of rotatable bonds is 26. The van der Waals surface area contributed by atoms with Crippen molar-refractivity contribution in [1.82, 2.24) is 5.32 Å². The van der Waals surface area contributed by atoms with Crippen LogP contribution in [0.3, 0.4) is 0 Å². The van der Waals surface area contributed by atoms with E-state index in [4.69, 9.17) is 0 Å². The SMILES string of the molecule is CCCCCCCCCCCCC(C)C(C)(CCCCCCCCCCCC)NCc1ccccc1. The van der Waals surface area contributed by atoms with Crippen LogP contribution >= 0.6 is 0 Å². The lowest BCUT2D eigenvalue weighted by molar-refractivity contribution is 0.204. The zero-order valence-corrected chi connectivity index (χ0v) is 25.2. The van der Waals surface area contributed by atoms with Crippen LogP contribution in [0, 0.1) is 5.92 Å². The first kappa shape index (κ1) is 33.2. The number of unbranched alkanes of at least 4 members (excludes halogenated alkanes) is 18. The van der Waals surface area contributed by atoms with Crippen LogP contribution < -0.4 is 5.32 Å². The third kappa shape index (κ3) is 17.6. The maximum Gasteiger partial charge on any atom is 0.0210 e. The van der Waals surface area contributed by atoms with E-state index in [1.807, 2.05) is 0 Å². The molecular formula is C35H65N. The Morgan fingerprint density at radius 1 is 0.583 bits per heavy atom. The zero-order valence-electron chi connectivity index (χ0n) is 25.2. The van der Waals surface area contributed by atoms with Gasteiger partial charge in [-0.2, -0.15) is 0 Å². The number of hydrogen-bond donors (Lipinski definition) is 1. The Morgan fingerprint density at radius 2 is 1.00 bits per heavy atom. The molecule has 210 valence electrons. The van der Waals surface area contributed by atoms with Crippen LogP contribution in [0.25, 0.3) is 0 Å². The summed E-state index contributed by atoms with van der Waals surface area (Å²) in [6.07, 6.45) is 31.2. The van der Waals surface area contributed by atoms with E-state index < -0.39 is 0 Å². The van der Waals surface area contributed by atoms with E-state index in [1.165, 1.54) is 147 Å². The Kier molecular flexibility index (Phi) is 21.5. The molecule has 1 aromatic carbocycles. The van der Waals surface area contributed by atoms with Crippen LogP contribution in [0.4, 0.5) is 0 Å². The predicted octanol–water partition coefficient (Wildman–Crippen LogP) is 11.8. The second kappa shape index (κ2) is 23.3. The van der Waals surface area contributed by atoms with E-state index in [-0.39, 0.29) is 5.54 Å². The molecule has 0 spiro atoms. The molecule has 0 bridgehead atoms. The highest BCUT2D eigenvalue weighted by Crippen LogP contribution is 2.29. The molecule has 0 aromatic heterocycles. The molecule has 2 unspecified atom stereocenters. The van der Waals surface area contributed by atoms with Crippen molar-refractivity contribution in [3.05, 3.63) is 35.9 Å². The summed E-state index contributed by atoms with van der Waals surface area (Å²) in [4.78, 5) is 0. The maximum atomic E-state index is 4.03. The highest BCUT2D eigenvalue weighted by atomic mass is 15.0. The molecule has 1 aromatic rings. The Bertz CT molecular complexity index is 567. The van der Waals surface area contributed by atoms with Gasteiger partial charge >= 0.3 is 0 Å². The molecule has 0 aliphatic carbocycles. The van der Waals surface area contributed by atoms with E-state index >= 15 is 0 Å². The van der Waals surface area contributed by atoms with E-state index in [9.17, 15) is 0 Å². The Morgan fingerprint density at radius 3 is 1.47 bits per heavy atom. The van der Waals surface area contributed by atoms with Gasteiger partial charge in [-0.3, -0.25) is 0 Å². The van der Waals surface area contributed by atoms with Crippen molar-refractivity contribution in [3.8, 4) is 0 Å². The molecule has 0 aliphatic rings. The lowest BCUT2D eigenvalue weighted by Gasteiger charge is -2.38. The van der Waals surface area contributed by atoms with E-state index in [0.29, 0.717) is 0 Å². The molecule has 0 saturated carbocycles. The molecular weight excluding hydrogens is 434 g/mol. The topological polar surface area (TPSA) is 12.0 Å². The molecule has 1 N–H and O–H groups in total. The van der Waals surface area contributed by atoms with Crippen LogP contribution in [0.2, 0.25) is 0 Å². The molecule has 0 heterocycles. The quantitative estimate of drug-likeness (QED) is 0.125. The second-order valence-corrected chi connectivity index (χ2v) is 12.1. The van der Waals surface area contributed by atoms with Gasteiger partial charge in [-0.25, -0.2) is 0 Å². The van der Waals surface area contributed by atoms with Crippen molar-refractivity contribution in [2.24, 2.45) is 5.92 Å².